The second-order valence-electron chi connectivity index (χ2n) is 5.26. The second-order valence-corrected chi connectivity index (χ2v) is 5.26. The van der Waals surface area contributed by atoms with Gasteiger partial charge in [-0.3, -0.25) is 14.6 Å². The molecule has 2 heterocycles. The number of halogens is 3. The number of rotatable bonds is 3. The first-order chi connectivity index (χ1) is 11.3. The Morgan fingerprint density at radius 2 is 2.17 bits per heavy atom. The minimum Gasteiger partial charge on any atom is -0.481 e. The van der Waals surface area contributed by atoms with E-state index in [-0.39, 0.29) is 34.9 Å². The number of nitrogens with two attached hydrogens (primary N) is 1. The fourth-order valence-electron chi connectivity index (χ4n) is 2.45. The smallest absolute Gasteiger partial charge is 0.334 e. The Kier molecular flexibility index (Phi) is 3.67. The molecule has 1 aliphatic rings. The van der Waals surface area contributed by atoms with E-state index in [1.165, 1.54) is 18.1 Å². The molecule has 9 heteroatoms. The third-order valence-electron chi connectivity index (χ3n) is 3.84. The maximum Gasteiger partial charge on any atom is 0.334 e. The molecule has 1 amide bonds. The number of ether oxygens (including phenoxy) is 1. The van der Waals surface area contributed by atoms with E-state index in [0.29, 0.717) is 0 Å². The number of aromatic nitrogens is 1. The van der Waals surface area contributed by atoms with Crippen molar-refractivity contribution in [2.75, 3.05) is 25.1 Å². The van der Waals surface area contributed by atoms with E-state index >= 15 is 0 Å². The highest BCUT2D eigenvalue weighted by molar-refractivity contribution is 6.02. The summed E-state index contributed by atoms with van der Waals surface area (Å²) in [6, 6.07) is 1.61. The van der Waals surface area contributed by atoms with Gasteiger partial charge < -0.3 is 15.4 Å². The molecule has 0 radical (unpaired) electrons. The normalized spacial score (nSPS) is 14.5. The van der Waals surface area contributed by atoms with E-state index in [1.807, 2.05) is 0 Å². The van der Waals surface area contributed by atoms with Crippen LogP contribution in [0.25, 0.3) is 10.9 Å². The number of benzene rings is 1. The number of likely N-dealkylation sites (N-methyl/N-ethyl adjacent to an activating group) is 1. The molecule has 1 aromatic carbocycles. The number of amides is 1. The highest BCUT2D eigenvalue weighted by Crippen LogP contribution is 2.40. The largest absolute Gasteiger partial charge is 0.481 e. The molecule has 0 spiro atoms. The molecule has 6 nitrogen and oxygen atoms in total. The minimum absolute atomic E-state index is 0.0637. The van der Waals surface area contributed by atoms with Crippen molar-refractivity contribution in [3.8, 4) is 5.75 Å². The number of fused-ring (bicyclic) bond motifs is 3. The number of nitrogens with zero attached hydrogens (tertiary/aromatic N) is 2. The van der Waals surface area contributed by atoms with Gasteiger partial charge in [0.15, 0.2) is 12.4 Å². The number of carbonyl (C=O) groups is 2. The van der Waals surface area contributed by atoms with E-state index in [4.69, 9.17) is 10.5 Å². The topological polar surface area (TPSA) is 85.5 Å². The van der Waals surface area contributed by atoms with Gasteiger partial charge in [0.1, 0.15) is 11.5 Å². The zero-order valence-electron chi connectivity index (χ0n) is 12.5. The number of Topliss-reactive ketones (excluding diaryl/α,β-unsaturated/α-hetero) is 1. The average molecular weight is 339 g/mol. The van der Waals surface area contributed by atoms with Gasteiger partial charge >= 0.3 is 5.92 Å². The van der Waals surface area contributed by atoms with Crippen LogP contribution in [-0.2, 0) is 15.5 Å². The lowest BCUT2D eigenvalue weighted by Gasteiger charge is -2.26. The van der Waals surface area contributed by atoms with Crippen molar-refractivity contribution < 1.29 is 27.5 Å². The van der Waals surface area contributed by atoms with E-state index in [0.717, 1.165) is 12.1 Å². The van der Waals surface area contributed by atoms with E-state index < -0.39 is 29.6 Å². The first kappa shape index (κ1) is 16.2. The van der Waals surface area contributed by atoms with E-state index in [9.17, 15) is 22.8 Å². The molecule has 0 aliphatic carbocycles. The number of pyridine rings is 1. The van der Waals surface area contributed by atoms with Crippen LogP contribution < -0.4 is 15.4 Å². The number of ketones is 1. The number of alkyl halides is 2. The van der Waals surface area contributed by atoms with Crippen molar-refractivity contribution in [2.24, 2.45) is 5.73 Å². The molecule has 2 N–H and O–H groups in total. The minimum atomic E-state index is -4.08. The molecule has 3 rings (SSSR count). The van der Waals surface area contributed by atoms with Gasteiger partial charge in [0.2, 0.25) is 5.78 Å². The molecule has 0 atom stereocenters. The lowest BCUT2D eigenvalue weighted by molar-refractivity contribution is -0.143. The maximum absolute atomic E-state index is 14.1. The second kappa shape index (κ2) is 5.45. The summed E-state index contributed by atoms with van der Waals surface area (Å²) in [5.74, 6) is -7.17. The summed E-state index contributed by atoms with van der Waals surface area (Å²) in [7, 11) is 1.48. The molecule has 0 saturated heterocycles. The predicted molar refractivity (Wildman–Crippen MR) is 78.6 cm³/mol. The maximum atomic E-state index is 14.1. The molecule has 1 aliphatic heterocycles. The van der Waals surface area contributed by atoms with Gasteiger partial charge in [0.05, 0.1) is 23.8 Å². The Labute approximate surface area is 134 Å². The van der Waals surface area contributed by atoms with Gasteiger partial charge in [-0.2, -0.15) is 8.78 Å². The van der Waals surface area contributed by atoms with Crippen LogP contribution in [0.1, 0.15) is 5.56 Å². The van der Waals surface area contributed by atoms with Crippen LogP contribution >= 0.6 is 0 Å². The first-order valence-corrected chi connectivity index (χ1v) is 6.90. The van der Waals surface area contributed by atoms with Gasteiger partial charge in [-0.1, -0.05) is 0 Å². The van der Waals surface area contributed by atoms with Gasteiger partial charge in [-0.05, 0) is 6.07 Å². The summed E-state index contributed by atoms with van der Waals surface area (Å²) in [5, 5.41) is 0.0766. The third kappa shape index (κ3) is 2.28. The number of anilines is 1. The molecule has 1 aromatic heterocycles. The number of hydrogen-bond donors (Lipinski definition) is 1. The molecule has 126 valence electrons. The predicted octanol–water partition coefficient (Wildman–Crippen LogP) is 1.35. The van der Waals surface area contributed by atoms with Crippen molar-refractivity contribution >= 4 is 28.3 Å². The third-order valence-corrected chi connectivity index (χ3v) is 3.84. The lowest BCUT2D eigenvalue weighted by atomic mass is 10.0. The van der Waals surface area contributed by atoms with Crippen molar-refractivity contribution in [3.05, 3.63) is 29.7 Å². The SMILES string of the molecule is CN1C(=O)COc2c1cnc1cc(F)c(C(F)(F)C(=O)CN)cc21. The van der Waals surface area contributed by atoms with Crippen LogP contribution in [0.2, 0.25) is 0 Å². The molecule has 0 fully saturated rings. The Hall–Kier alpha value is -2.68. The molecule has 0 saturated carbocycles. The molecular formula is C15H12F3N3O3. The van der Waals surface area contributed by atoms with Gasteiger partial charge in [0.25, 0.3) is 5.91 Å². The number of hydrogen-bond acceptors (Lipinski definition) is 5. The highest BCUT2D eigenvalue weighted by Gasteiger charge is 2.42. The molecule has 0 bridgehead atoms. The molecular weight excluding hydrogens is 327 g/mol. The summed E-state index contributed by atoms with van der Waals surface area (Å²) < 4.78 is 47.6. The zero-order valence-corrected chi connectivity index (χ0v) is 12.5. The monoisotopic (exact) mass is 339 g/mol. The van der Waals surface area contributed by atoms with Crippen LogP contribution in [0.4, 0.5) is 18.9 Å². The summed E-state index contributed by atoms with van der Waals surface area (Å²) in [5.41, 5.74) is 4.19. The summed E-state index contributed by atoms with van der Waals surface area (Å²) >= 11 is 0. The Morgan fingerprint density at radius 3 is 2.83 bits per heavy atom. The summed E-state index contributed by atoms with van der Waals surface area (Å²) in [4.78, 5) is 28.2. The fourth-order valence-corrected chi connectivity index (χ4v) is 2.45. The van der Waals surface area contributed by atoms with Crippen molar-refractivity contribution in [1.82, 2.24) is 4.98 Å². The van der Waals surface area contributed by atoms with Gasteiger partial charge in [0, 0.05) is 18.5 Å². The first-order valence-electron chi connectivity index (χ1n) is 6.90. The van der Waals surface area contributed by atoms with Crippen molar-refractivity contribution in [2.45, 2.75) is 5.92 Å². The van der Waals surface area contributed by atoms with Crippen molar-refractivity contribution in [3.63, 3.8) is 0 Å². The van der Waals surface area contributed by atoms with Crippen molar-refractivity contribution in [1.29, 1.82) is 0 Å². The Bertz CT molecular complexity index is 870. The van der Waals surface area contributed by atoms with Crippen LogP contribution in [0.3, 0.4) is 0 Å². The summed E-state index contributed by atoms with van der Waals surface area (Å²) in [6.07, 6.45) is 1.29. The summed E-state index contributed by atoms with van der Waals surface area (Å²) in [6.45, 7) is -1.21. The Balaban J connectivity index is 2.26. The fraction of sp³-hybridized carbons (Fsp3) is 0.267. The van der Waals surface area contributed by atoms with Crippen LogP contribution in [0.15, 0.2) is 18.3 Å². The van der Waals surface area contributed by atoms with E-state index in [2.05, 4.69) is 4.98 Å². The molecule has 0 unspecified atom stereocenters. The molecule has 2 aromatic rings. The Morgan fingerprint density at radius 1 is 1.46 bits per heavy atom. The standard InChI is InChI=1S/C15H12F3N3O3/c1-21-11-5-20-10-3-9(16)8(15(17,18)12(22)4-19)2-7(10)14(11)24-6-13(21)23/h2-3,5H,4,6,19H2,1H3. The van der Waals surface area contributed by atoms with Crippen LogP contribution in [0.5, 0.6) is 5.75 Å². The quantitative estimate of drug-likeness (QED) is 0.912. The highest BCUT2D eigenvalue weighted by atomic mass is 19.3. The lowest BCUT2D eigenvalue weighted by Crippen LogP contribution is -2.35. The van der Waals surface area contributed by atoms with Gasteiger partial charge in [-0.25, -0.2) is 4.39 Å². The van der Waals surface area contributed by atoms with Crippen LogP contribution in [0, 0.1) is 5.82 Å². The zero-order chi connectivity index (χ0) is 17.6. The molecule has 24 heavy (non-hydrogen) atoms. The van der Waals surface area contributed by atoms with E-state index in [1.54, 1.807) is 0 Å². The van der Waals surface area contributed by atoms with Gasteiger partial charge in [-0.15, -0.1) is 0 Å². The average Bonchev–Trinajstić information content (AvgIpc) is 2.56. The van der Waals surface area contributed by atoms with Crippen LogP contribution in [-0.4, -0.2) is 36.9 Å². The number of carbonyl (C=O) groups excluding carboxylic acids is 2.